The van der Waals surface area contributed by atoms with Crippen LogP contribution in [0.15, 0.2) is 47.4 Å². The number of benzene rings is 2. The van der Waals surface area contributed by atoms with Crippen molar-refractivity contribution in [1.29, 1.82) is 5.26 Å². The van der Waals surface area contributed by atoms with Gasteiger partial charge in [-0.1, -0.05) is 13.8 Å². The third-order valence-corrected chi connectivity index (χ3v) is 6.76. The first-order chi connectivity index (χ1) is 15.6. The van der Waals surface area contributed by atoms with E-state index in [1.807, 2.05) is 6.07 Å². The minimum atomic E-state index is -3.95. The van der Waals surface area contributed by atoms with Crippen LogP contribution in [0, 0.1) is 23.0 Å². The first kappa shape index (κ1) is 25.9. The number of halogens is 2. The van der Waals surface area contributed by atoms with Crippen LogP contribution in [0.3, 0.4) is 0 Å². The number of nitriles is 1. The van der Waals surface area contributed by atoms with E-state index < -0.39 is 45.7 Å². The largest absolute Gasteiger partial charge is 0.452 e. The summed E-state index contributed by atoms with van der Waals surface area (Å²) in [5, 5.41) is 8.82. The molecular weight excluding hydrogens is 456 g/mol. The van der Waals surface area contributed by atoms with Gasteiger partial charge >= 0.3 is 5.97 Å². The molecule has 0 spiro atoms. The Morgan fingerprint density at radius 1 is 1.06 bits per heavy atom. The molecule has 0 N–H and O–H groups in total. The highest BCUT2D eigenvalue weighted by Gasteiger charge is 2.25. The molecule has 0 unspecified atom stereocenters. The monoisotopic (exact) mass is 479 g/mol. The zero-order valence-electron chi connectivity index (χ0n) is 18.1. The minimum absolute atomic E-state index is 0.0308. The van der Waals surface area contributed by atoms with Gasteiger partial charge in [-0.25, -0.2) is 22.0 Å². The second-order valence-electron chi connectivity index (χ2n) is 6.74. The lowest BCUT2D eigenvalue weighted by molar-refractivity contribution is -0.121. The molecule has 1 amide bonds. The van der Waals surface area contributed by atoms with E-state index in [1.54, 1.807) is 13.8 Å². The molecule has 0 bridgehead atoms. The number of carbonyl (C=O) groups excluding carboxylic acids is 2. The third-order valence-electron chi connectivity index (χ3n) is 4.71. The topological polar surface area (TPSA) is 108 Å². The first-order valence-corrected chi connectivity index (χ1v) is 11.5. The van der Waals surface area contributed by atoms with Crippen molar-refractivity contribution in [2.45, 2.75) is 25.2 Å². The molecular formula is C22H23F2N3O5S. The molecule has 11 heteroatoms. The van der Waals surface area contributed by atoms with Crippen LogP contribution in [-0.4, -0.2) is 50.8 Å². The van der Waals surface area contributed by atoms with Crippen molar-refractivity contribution >= 4 is 27.6 Å². The Hall–Kier alpha value is -3.36. The summed E-state index contributed by atoms with van der Waals surface area (Å²) >= 11 is 0. The average Bonchev–Trinajstić information content (AvgIpc) is 2.79. The number of esters is 1. The number of ether oxygens (including phenoxy) is 1. The van der Waals surface area contributed by atoms with Gasteiger partial charge in [-0.05, 0) is 42.5 Å². The molecule has 33 heavy (non-hydrogen) atoms. The molecule has 0 saturated heterocycles. The molecule has 2 rings (SSSR count). The number of nitrogens with zero attached hydrogens (tertiary/aromatic N) is 3. The summed E-state index contributed by atoms with van der Waals surface area (Å²) in [5.74, 6) is -3.48. The van der Waals surface area contributed by atoms with Crippen molar-refractivity contribution in [3.8, 4) is 6.07 Å². The Morgan fingerprint density at radius 3 is 2.27 bits per heavy atom. The minimum Gasteiger partial charge on any atom is -0.452 e. The SMILES string of the molecule is CCN(CC)S(=O)(=O)c1ccc(F)c(C(=O)OCC(=O)N(CCC#N)c2ccc(F)cc2)c1. The van der Waals surface area contributed by atoms with Crippen LogP contribution in [0.1, 0.15) is 30.6 Å². The molecule has 0 heterocycles. The van der Waals surface area contributed by atoms with Gasteiger partial charge in [0.05, 0.1) is 22.9 Å². The van der Waals surface area contributed by atoms with E-state index in [2.05, 4.69) is 0 Å². The van der Waals surface area contributed by atoms with Crippen LogP contribution in [0.5, 0.6) is 0 Å². The van der Waals surface area contributed by atoms with E-state index in [-0.39, 0.29) is 36.6 Å². The van der Waals surface area contributed by atoms with Crippen molar-refractivity contribution in [2.24, 2.45) is 0 Å². The van der Waals surface area contributed by atoms with Crippen LogP contribution >= 0.6 is 0 Å². The van der Waals surface area contributed by atoms with Gasteiger partial charge in [-0.2, -0.15) is 9.57 Å². The molecule has 0 aliphatic heterocycles. The summed E-state index contributed by atoms with van der Waals surface area (Å²) in [7, 11) is -3.95. The number of carbonyl (C=O) groups is 2. The molecule has 0 aromatic heterocycles. The van der Waals surface area contributed by atoms with Crippen LogP contribution in [0.4, 0.5) is 14.5 Å². The van der Waals surface area contributed by atoms with Gasteiger partial charge in [-0.3, -0.25) is 4.79 Å². The smallest absolute Gasteiger partial charge is 0.341 e. The fourth-order valence-electron chi connectivity index (χ4n) is 3.00. The number of sulfonamides is 1. The highest BCUT2D eigenvalue weighted by molar-refractivity contribution is 7.89. The number of hydrogen-bond acceptors (Lipinski definition) is 6. The third kappa shape index (κ3) is 6.34. The summed E-state index contributed by atoms with van der Waals surface area (Å²) in [4.78, 5) is 25.9. The fraction of sp³-hybridized carbons (Fsp3) is 0.318. The van der Waals surface area contributed by atoms with E-state index in [4.69, 9.17) is 10.00 Å². The maximum atomic E-state index is 14.2. The Morgan fingerprint density at radius 2 is 1.70 bits per heavy atom. The highest BCUT2D eigenvalue weighted by atomic mass is 32.2. The van der Waals surface area contributed by atoms with Gasteiger partial charge in [0.25, 0.3) is 5.91 Å². The Labute approximate surface area is 191 Å². The van der Waals surface area contributed by atoms with Gasteiger partial charge in [0.1, 0.15) is 11.6 Å². The van der Waals surface area contributed by atoms with E-state index in [0.717, 1.165) is 39.5 Å². The number of amides is 1. The Balaban J connectivity index is 2.21. The highest BCUT2D eigenvalue weighted by Crippen LogP contribution is 2.20. The lowest BCUT2D eigenvalue weighted by Crippen LogP contribution is -2.35. The van der Waals surface area contributed by atoms with E-state index in [9.17, 15) is 26.8 Å². The normalized spacial score (nSPS) is 11.2. The summed E-state index contributed by atoms with van der Waals surface area (Å²) in [6, 6.07) is 9.55. The van der Waals surface area contributed by atoms with Crippen molar-refractivity contribution in [3.63, 3.8) is 0 Å². The molecule has 8 nitrogen and oxygen atoms in total. The van der Waals surface area contributed by atoms with Crippen molar-refractivity contribution < 1.29 is 31.5 Å². The standard InChI is InChI=1S/C22H23F2N3O5S/c1-3-26(4-2)33(30,31)18-10-11-20(24)19(14-18)22(29)32-15-21(28)27(13-5-12-25)17-8-6-16(23)7-9-17/h6-11,14H,3-5,13,15H2,1-2H3. The van der Waals surface area contributed by atoms with E-state index in [0.29, 0.717) is 0 Å². The fourth-order valence-corrected chi connectivity index (χ4v) is 4.48. The molecule has 176 valence electrons. The van der Waals surface area contributed by atoms with E-state index >= 15 is 0 Å². The van der Waals surface area contributed by atoms with Gasteiger partial charge in [0.15, 0.2) is 6.61 Å². The van der Waals surface area contributed by atoms with Crippen LogP contribution in [0.2, 0.25) is 0 Å². The molecule has 0 aliphatic carbocycles. The van der Waals surface area contributed by atoms with Crippen LogP contribution in [0.25, 0.3) is 0 Å². The Kier molecular flexibility index (Phi) is 9.02. The molecule has 0 aliphatic rings. The summed E-state index contributed by atoms with van der Waals surface area (Å²) in [6.45, 7) is 2.83. The number of anilines is 1. The number of hydrogen-bond donors (Lipinski definition) is 0. The van der Waals surface area contributed by atoms with Crippen molar-refractivity contribution in [3.05, 3.63) is 59.7 Å². The van der Waals surface area contributed by atoms with Gasteiger partial charge < -0.3 is 9.64 Å². The summed E-state index contributed by atoms with van der Waals surface area (Å²) < 4.78 is 58.8. The summed E-state index contributed by atoms with van der Waals surface area (Å²) in [5.41, 5.74) is -0.354. The summed E-state index contributed by atoms with van der Waals surface area (Å²) in [6.07, 6.45) is -0.0308. The molecule has 0 radical (unpaired) electrons. The lowest BCUT2D eigenvalue weighted by atomic mass is 10.2. The zero-order chi connectivity index (χ0) is 24.6. The van der Waals surface area contributed by atoms with E-state index in [1.165, 1.54) is 12.1 Å². The number of rotatable bonds is 10. The van der Waals surface area contributed by atoms with Crippen molar-refractivity contribution in [1.82, 2.24) is 4.31 Å². The molecule has 0 fully saturated rings. The second kappa shape index (κ2) is 11.5. The van der Waals surface area contributed by atoms with Crippen LogP contribution in [-0.2, 0) is 19.6 Å². The average molecular weight is 480 g/mol. The first-order valence-electron chi connectivity index (χ1n) is 10.0. The zero-order valence-corrected chi connectivity index (χ0v) is 18.9. The maximum absolute atomic E-state index is 14.2. The lowest BCUT2D eigenvalue weighted by Gasteiger charge is -2.22. The van der Waals surface area contributed by atoms with Gasteiger partial charge in [0.2, 0.25) is 10.0 Å². The van der Waals surface area contributed by atoms with Crippen molar-refractivity contribution in [2.75, 3.05) is 31.1 Å². The van der Waals surface area contributed by atoms with Crippen LogP contribution < -0.4 is 4.90 Å². The maximum Gasteiger partial charge on any atom is 0.341 e. The Bertz CT molecular complexity index is 1140. The van der Waals surface area contributed by atoms with Gasteiger partial charge in [0, 0.05) is 25.3 Å². The predicted octanol–water partition coefficient (Wildman–Crippen LogP) is 3.10. The predicted molar refractivity (Wildman–Crippen MR) is 116 cm³/mol. The molecule has 2 aromatic carbocycles. The second-order valence-corrected chi connectivity index (χ2v) is 8.67. The molecule has 0 atom stereocenters. The van der Waals surface area contributed by atoms with Gasteiger partial charge in [-0.15, -0.1) is 0 Å². The quantitative estimate of drug-likeness (QED) is 0.485. The molecule has 0 saturated carbocycles. The molecule has 2 aromatic rings.